The molecule has 68 valence electrons. The lowest BCUT2D eigenvalue weighted by Crippen LogP contribution is -2.38. The molecule has 11 heavy (non-hydrogen) atoms. The summed E-state index contributed by atoms with van der Waals surface area (Å²) < 4.78 is 0. The molecule has 0 aromatic carbocycles. The summed E-state index contributed by atoms with van der Waals surface area (Å²) in [5.41, 5.74) is 0. The number of aliphatic hydroxyl groups is 2. The van der Waals surface area contributed by atoms with Crippen LogP contribution in [0.25, 0.3) is 0 Å². The smallest absolute Gasteiger partial charge is 0.0897 e. The maximum Gasteiger partial charge on any atom is 0.0897 e. The van der Waals surface area contributed by atoms with Crippen molar-refractivity contribution in [3.05, 3.63) is 0 Å². The van der Waals surface area contributed by atoms with Crippen molar-refractivity contribution in [2.75, 3.05) is 19.7 Å². The zero-order valence-corrected chi connectivity index (χ0v) is 7.62. The number of nitrogens with zero attached hydrogens (tertiary/aromatic N) is 1. The van der Waals surface area contributed by atoms with Crippen molar-refractivity contribution < 1.29 is 10.2 Å². The molecule has 0 bridgehead atoms. The molecule has 3 nitrogen and oxygen atoms in total. The van der Waals surface area contributed by atoms with E-state index in [0.717, 1.165) is 6.54 Å². The Kier molecular flexibility index (Phi) is 5.46. The van der Waals surface area contributed by atoms with Gasteiger partial charge in [-0.15, -0.1) is 0 Å². The van der Waals surface area contributed by atoms with Crippen LogP contribution < -0.4 is 0 Å². The Labute approximate surface area is 68.6 Å². The van der Waals surface area contributed by atoms with Crippen LogP contribution in [0.3, 0.4) is 0 Å². The lowest BCUT2D eigenvalue weighted by Gasteiger charge is -2.26. The molecule has 0 aromatic heterocycles. The molecule has 0 rings (SSSR count). The normalized spacial score (nSPS) is 14.5. The van der Waals surface area contributed by atoms with Crippen LogP contribution in [-0.2, 0) is 0 Å². The second kappa shape index (κ2) is 5.52. The monoisotopic (exact) mass is 161 g/mol. The van der Waals surface area contributed by atoms with Crippen LogP contribution in [0.2, 0.25) is 0 Å². The number of aliphatic hydroxyl groups excluding tert-OH is 2. The SMILES string of the molecule is CCN(CC(O)CO)C(C)C. The van der Waals surface area contributed by atoms with Crippen LogP contribution in [0.5, 0.6) is 0 Å². The van der Waals surface area contributed by atoms with Gasteiger partial charge in [-0.1, -0.05) is 6.92 Å². The minimum absolute atomic E-state index is 0.150. The van der Waals surface area contributed by atoms with Crippen molar-refractivity contribution in [2.45, 2.75) is 32.9 Å². The second-order valence-corrected chi connectivity index (χ2v) is 3.02. The van der Waals surface area contributed by atoms with Gasteiger partial charge in [0.15, 0.2) is 0 Å². The summed E-state index contributed by atoms with van der Waals surface area (Å²) in [6, 6.07) is 0.432. The van der Waals surface area contributed by atoms with E-state index in [4.69, 9.17) is 10.2 Å². The molecule has 3 heteroatoms. The molecule has 0 aliphatic heterocycles. The molecule has 0 heterocycles. The van der Waals surface area contributed by atoms with Crippen LogP contribution in [0.1, 0.15) is 20.8 Å². The molecular formula is C8H19NO2. The van der Waals surface area contributed by atoms with Crippen LogP contribution in [0.15, 0.2) is 0 Å². The van der Waals surface area contributed by atoms with E-state index in [1.54, 1.807) is 0 Å². The van der Waals surface area contributed by atoms with Crippen molar-refractivity contribution in [2.24, 2.45) is 0 Å². The predicted octanol–water partition coefficient (Wildman–Crippen LogP) is 0.0699. The summed E-state index contributed by atoms with van der Waals surface area (Å²) in [4.78, 5) is 2.11. The number of rotatable bonds is 5. The van der Waals surface area contributed by atoms with Gasteiger partial charge in [0, 0.05) is 12.6 Å². The summed E-state index contributed by atoms with van der Waals surface area (Å²) in [7, 11) is 0. The minimum Gasteiger partial charge on any atom is -0.394 e. The van der Waals surface area contributed by atoms with E-state index in [0.29, 0.717) is 12.6 Å². The van der Waals surface area contributed by atoms with Crippen LogP contribution in [0, 0.1) is 0 Å². The fraction of sp³-hybridized carbons (Fsp3) is 1.00. The van der Waals surface area contributed by atoms with Crippen LogP contribution >= 0.6 is 0 Å². The number of likely N-dealkylation sites (N-methyl/N-ethyl adjacent to an activating group) is 1. The third-order valence-electron chi connectivity index (χ3n) is 1.79. The van der Waals surface area contributed by atoms with Crippen molar-refractivity contribution in [1.82, 2.24) is 4.90 Å². The maximum absolute atomic E-state index is 9.12. The van der Waals surface area contributed by atoms with E-state index < -0.39 is 6.10 Å². The first-order valence-electron chi connectivity index (χ1n) is 4.14. The molecule has 0 saturated heterocycles. The number of hydrogen-bond donors (Lipinski definition) is 2. The Morgan fingerprint density at radius 3 is 2.18 bits per heavy atom. The number of hydrogen-bond acceptors (Lipinski definition) is 3. The summed E-state index contributed by atoms with van der Waals surface area (Å²) in [6.45, 7) is 7.52. The summed E-state index contributed by atoms with van der Waals surface area (Å²) in [5, 5.41) is 17.7. The highest BCUT2D eigenvalue weighted by Gasteiger charge is 2.11. The van der Waals surface area contributed by atoms with Gasteiger partial charge in [0.1, 0.15) is 0 Å². The van der Waals surface area contributed by atoms with E-state index >= 15 is 0 Å². The van der Waals surface area contributed by atoms with Gasteiger partial charge >= 0.3 is 0 Å². The van der Waals surface area contributed by atoms with Gasteiger partial charge in [-0.3, -0.25) is 4.90 Å². The van der Waals surface area contributed by atoms with E-state index in [9.17, 15) is 0 Å². The standard InChI is InChI=1S/C8H19NO2/c1-4-9(7(2)3)5-8(11)6-10/h7-8,10-11H,4-6H2,1-3H3. The topological polar surface area (TPSA) is 43.7 Å². The highest BCUT2D eigenvalue weighted by atomic mass is 16.3. The van der Waals surface area contributed by atoms with E-state index in [1.807, 2.05) is 6.92 Å². The zero-order chi connectivity index (χ0) is 8.85. The maximum atomic E-state index is 9.12. The Bertz CT molecular complexity index is 96.1. The van der Waals surface area contributed by atoms with Crippen molar-refractivity contribution >= 4 is 0 Å². The molecule has 0 radical (unpaired) electrons. The first-order chi connectivity index (χ1) is 5.11. The molecule has 1 atom stereocenters. The van der Waals surface area contributed by atoms with Gasteiger partial charge < -0.3 is 10.2 Å². The third-order valence-corrected chi connectivity index (χ3v) is 1.79. The Balaban J connectivity index is 3.68. The van der Waals surface area contributed by atoms with Gasteiger partial charge in [0.2, 0.25) is 0 Å². The molecular weight excluding hydrogens is 142 g/mol. The molecule has 0 fully saturated rings. The van der Waals surface area contributed by atoms with Crippen molar-refractivity contribution in [3.8, 4) is 0 Å². The Morgan fingerprint density at radius 2 is 1.91 bits per heavy atom. The molecule has 0 saturated carbocycles. The minimum atomic E-state index is -0.600. The lowest BCUT2D eigenvalue weighted by atomic mass is 10.2. The summed E-state index contributed by atoms with van der Waals surface area (Å²) in [6.07, 6.45) is -0.600. The van der Waals surface area contributed by atoms with Gasteiger partial charge in [0.25, 0.3) is 0 Å². The highest BCUT2D eigenvalue weighted by Crippen LogP contribution is 1.98. The van der Waals surface area contributed by atoms with Gasteiger partial charge in [-0.2, -0.15) is 0 Å². The van der Waals surface area contributed by atoms with Gasteiger partial charge in [-0.25, -0.2) is 0 Å². The zero-order valence-electron chi connectivity index (χ0n) is 7.62. The molecule has 0 amide bonds. The first kappa shape index (κ1) is 10.9. The predicted molar refractivity (Wildman–Crippen MR) is 45.5 cm³/mol. The molecule has 0 aliphatic carbocycles. The largest absolute Gasteiger partial charge is 0.394 e. The molecule has 0 spiro atoms. The average molecular weight is 161 g/mol. The summed E-state index contributed by atoms with van der Waals surface area (Å²) >= 11 is 0. The quantitative estimate of drug-likeness (QED) is 0.599. The second-order valence-electron chi connectivity index (χ2n) is 3.02. The van der Waals surface area contributed by atoms with E-state index in [-0.39, 0.29) is 6.61 Å². The van der Waals surface area contributed by atoms with Crippen LogP contribution in [-0.4, -0.2) is 47.0 Å². The Morgan fingerprint density at radius 1 is 1.36 bits per heavy atom. The molecule has 0 aromatic rings. The van der Waals surface area contributed by atoms with Crippen LogP contribution in [0.4, 0.5) is 0 Å². The van der Waals surface area contributed by atoms with Gasteiger partial charge in [0.05, 0.1) is 12.7 Å². The molecule has 0 aliphatic rings. The van der Waals surface area contributed by atoms with Crippen molar-refractivity contribution in [3.63, 3.8) is 0 Å². The molecule has 1 unspecified atom stereocenters. The fourth-order valence-electron chi connectivity index (χ4n) is 1.03. The highest BCUT2D eigenvalue weighted by molar-refractivity contribution is 4.65. The third kappa shape index (κ3) is 4.35. The van der Waals surface area contributed by atoms with Gasteiger partial charge in [-0.05, 0) is 20.4 Å². The van der Waals surface area contributed by atoms with E-state index in [2.05, 4.69) is 18.7 Å². The molecule has 2 N–H and O–H groups in total. The average Bonchev–Trinajstić information content (AvgIpc) is 1.99. The Hall–Kier alpha value is -0.120. The fourth-order valence-corrected chi connectivity index (χ4v) is 1.03. The lowest BCUT2D eigenvalue weighted by molar-refractivity contribution is 0.0514. The first-order valence-corrected chi connectivity index (χ1v) is 4.14. The van der Waals surface area contributed by atoms with E-state index in [1.165, 1.54) is 0 Å². The van der Waals surface area contributed by atoms with Crippen molar-refractivity contribution in [1.29, 1.82) is 0 Å². The summed E-state index contributed by atoms with van der Waals surface area (Å²) in [5.74, 6) is 0.